The number of nitrogens with zero attached hydrogens (tertiary/aromatic N) is 1. The van der Waals surface area contributed by atoms with Crippen molar-refractivity contribution in [2.75, 3.05) is 19.1 Å². The van der Waals surface area contributed by atoms with Gasteiger partial charge in [0.1, 0.15) is 23.1 Å². The minimum Gasteiger partial charge on any atom is -0.497 e. The van der Waals surface area contributed by atoms with E-state index in [-0.39, 0.29) is 30.6 Å². The molecule has 3 aromatic carbocycles. The van der Waals surface area contributed by atoms with Gasteiger partial charge in [0.25, 0.3) is 0 Å². The number of hydrogen-bond donors (Lipinski definition) is 3. The van der Waals surface area contributed by atoms with E-state index in [2.05, 4.69) is 50.6 Å². The number of methoxy groups -OCH3 is 1. The van der Waals surface area contributed by atoms with Crippen LogP contribution >= 0.6 is 0 Å². The Hall–Kier alpha value is -4.44. The molecular weight excluding hydrogens is 576 g/mol. The molecule has 0 aliphatic rings. The van der Waals surface area contributed by atoms with Gasteiger partial charge in [-0.05, 0) is 60.4 Å². The molecule has 0 aliphatic carbocycles. The molecule has 0 radical (unpaired) electrons. The first-order chi connectivity index (χ1) is 21.1. The summed E-state index contributed by atoms with van der Waals surface area (Å²) in [5.74, 6) is 0.562. The van der Waals surface area contributed by atoms with Gasteiger partial charge in [0.15, 0.2) is 9.84 Å². The average Bonchev–Trinajstić information content (AvgIpc) is 3.60. The van der Waals surface area contributed by atoms with Crippen LogP contribution in [0.15, 0.2) is 66.9 Å². The van der Waals surface area contributed by atoms with Crippen LogP contribution in [0, 0.1) is 6.92 Å². The van der Waals surface area contributed by atoms with E-state index >= 15 is 0 Å². The Morgan fingerprint density at radius 1 is 0.977 bits per heavy atom. The normalized spacial score (nSPS) is 12.4. The van der Waals surface area contributed by atoms with E-state index in [1.807, 2.05) is 37.3 Å². The fraction of sp³-hybridized carbons (Fsp3) is 0.324. The number of aromatic amines is 2. The van der Waals surface area contributed by atoms with Crippen LogP contribution in [0.1, 0.15) is 55.2 Å². The number of aryl methyl sites for hydroxylation is 1. The maximum absolute atomic E-state index is 13.5. The van der Waals surface area contributed by atoms with Gasteiger partial charge in [-0.15, -0.1) is 0 Å². The van der Waals surface area contributed by atoms with E-state index in [1.165, 1.54) is 0 Å². The number of sulfone groups is 1. The predicted molar refractivity (Wildman–Crippen MR) is 174 cm³/mol. The number of imidazole rings is 1. The van der Waals surface area contributed by atoms with Crippen LogP contribution in [0.4, 0.5) is 0 Å². The smallest absolute Gasteiger partial charge is 0.225 e. The van der Waals surface area contributed by atoms with Crippen LogP contribution < -0.4 is 10.1 Å². The number of hydrogen-bond acceptors (Lipinski definition) is 6. The van der Waals surface area contributed by atoms with E-state index in [1.54, 1.807) is 13.3 Å². The summed E-state index contributed by atoms with van der Waals surface area (Å²) in [4.78, 5) is 36.9. The molecule has 230 valence electrons. The largest absolute Gasteiger partial charge is 0.497 e. The van der Waals surface area contributed by atoms with Crippen molar-refractivity contribution in [2.45, 2.75) is 51.5 Å². The molecule has 0 spiro atoms. The number of amides is 1. The highest BCUT2D eigenvalue weighted by Gasteiger charge is 2.21. The lowest BCUT2D eigenvalue weighted by atomic mass is 10.0. The molecule has 9 nitrogen and oxygen atoms in total. The Kier molecular flexibility index (Phi) is 9.49. The predicted octanol–water partition coefficient (Wildman–Crippen LogP) is 5.99. The SMILES string of the molecule is COc1ccc2[nH]c(C)c(CC(=O)N[C@@H](CCCCCC(=O)CS(C)(=O)=O)c3ncc(-c4ccc5ccccc5c4)[nH]3)c2c1. The first-order valence-electron chi connectivity index (χ1n) is 14.8. The Morgan fingerprint density at radius 2 is 1.77 bits per heavy atom. The second kappa shape index (κ2) is 13.5. The standard InChI is InChI=1S/C34H38N4O5S/c1-22-28(29-18-27(43-2)15-16-30(29)36-22)19-33(40)37-31(12-6-4-5-11-26(39)21-44(3,41)42)34-35-20-32(38-34)25-14-13-23-9-7-8-10-24(23)17-25/h7-10,13-18,20,31,36H,4-6,11-12,19,21H2,1-3H3,(H,35,38)(H,37,40)/t31-/m0/s1. The fourth-order valence-electron chi connectivity index (χ4n) is 5.63. The van der Waals surface area contributed by atoms with Crippen LogP contribution in [0.5, 0.6) is 5.75 Å². The number of carbonyl (C=O) groups is 2. The quantitative estimate of drug-likeness (QED) is 0.132. The minimum absolute atomic E-state index is 0.131. The number of benzene rings is 3. The van der Waals surface area contributed by atoms with Crippen molar-refractivity contribution in [2.24, 2.45) is 0 Å². The lowest BCUT2D eigenvalue weighted by molar-refractivity contribution is -0.121. The van der Waals surface area contributed by atoms with Gasteiger partial charge >= 0.3 is 0 Å². The van der Waals surface area contributed by atoms with Gasteiger partial charge in [0, 0.05) is 34.8 Å². The van der Waals surface area contributed by atoms with Crippen molar-refractivity contribution < 1.29 is 22.7 Å². The molecule has 2 heterocycles. The van der Waals surface area contributed by atoms with Crippen molar-refractivity contribution in [3.63, 3.8) is 0 Å². The molecular formula is C34H38N4O5S. The summed E-state index contributed by atoms with van der Waals surface area (Å²) in [7, 11) is -1.70. The molecule has 3 N–H and O–H groups in total. The second-order valence-corrected chi connectivity index (χ2v) is 13.5. The summed E-state index contributed by atoms with van der Waals surface area (Å²) in [6, 6.07) is 19.8. The summed E-state index contributed by atoms with van der Waals surface area (Å²) < 4.78 is 28.2. The van der Waals surface area contributed by atoms with Crippen LogP contribution in [-0.4, -0.2) is 54.2 Å². The molecule has 0 unspecified atom stereocenters. The van der Waals surface area contributed by atoms with Crippen LogP contribution in [-0.2, 0) is 25.8 Å². The van der Waals surface area contributed by atoms with E-state index < -0.39 is 15.6 Å². The maximum atomic E-state index is 13.5. The third-order valence-electron chi connectivity index (χ3n) is 7.86. The number of aromatic nitrogens is 3. The number of rotatable bonds is 14. The van der Waals surface area contributed by atoms with Gasteiger partial charge in [-0.1, -0.05) is 49.2 Å². The lowest BCUT2D eigenvalue weighted by Crippen LogP contribution is -2.30. The molecule has 0 bridgehead atoms. The molecule has 0 fully saturated rings. The zero-order chi connectivity index (χ0) is 31.3. The lowest BCUT2D eigenvalue weighted by Gasteiger charge is -2.17. The second-order valence-electron chi connectivity index (χ2n) is 11.4. The molecule has 0 saturated carbocycles. The summed E-state index contributed by atoms with van der Waals surface area (Å²) in [5.41, 5.74) is 4.64. The Labute approximate surface area is 257 Å². The Bertz CT molecular complexity index is 1910. The summed E-state index contributed by atoms with van der Waals surface area (Å²) in [6.45, 7) is 1.96. The minimum atomic E-state index is -3.32. The Balaban J connectivity index is 1.31. The van der Waals surface area contributed by atoms with Crippen LogP contribution in [0.2, 0.25) is 0 Å². The van der Waals surface area contributed by atoms with Gasteiger partial charge < -0.3 is 20.0 Å². The molecule has 44 heavy (non-hydrogen) atoms. The first kappa shape index (κ1) is 31.0. The number of nitrogens with one attached hydrogen (secondary N) is 3. The third-order valence-corrected chi connectivity index (χ3v) is 8.70. The van der Waals surface area contributed by atoms with Gasteiger partial charge in [-0.25, -0.2) is 13.4 Å². The Morgan fingerprint density at radius 3 is 2.55 bits per heavy atom. The average molecular weight is 615 g/mol. The van der Waals surface area contributed by atoms with Crippen molar-refractivity contribution in [3.05, 3.63) is 83.9 Å². The van der Waals surface area contributed by atoms with E-state index in [0.717, 1.165) is 69.0 Å². The van der Waals surface area contributed by atoms with Gasteiger partial charge in [-0.3, -0.25) is 9.59 Å². The molecule has 1 atom stereocenters. The highest BCUT2D eigenvalue weighted by molar-refractivity contribution is 7.91. The van der Waals surface area contributed by atoms with Crippen molar-refractivity contribution >= 4 is 43.2 Å². The highest BCUT2D eigenvalue weighted by atomic mass is 32.2. The van der Waals surface area contributed by atoms with Gasteiger partial charge in [0.2, 0.25) is 5.91 Å². The number of carbonyl (C=O) groups excluding carboxylic acids is 2. The molecule has 1 amide bonds. The topological polar surface area (TPSA) is 134 Å². The number of Topliss-reactive ketones (excluding diaryl/α,β-unsaturated/α-hetero) is 1. The van der Waals surface area contributed by atoms with Gasteiger partial charge in [0.05, 0.1) is 31.5 Å². The van der Waals surface area contributed by atoms with Crippen LogP contribution in [0.25, 0.3) is 32.9 Å². The van der Waals surface area contributed by atoms with E-state index in [4.69, 9.17) is 4.74 Å². The number of fused-ring (bicyclic) bond motifs is 2. The maximum Gasteiger partial charge on any atom is 0.225 e. The van der Waals surface area contributed by atoms with E-state index in [9.17, 15) is 18.0 Å². The molecule has 0 saturated heterocycles. The summed E-state index contributed by atoms with van der Waals surface area (Å²) in [5, 5.41) is 6.42. The van der Waals surface area contributed by atoms with E-state index in [0.29, 0.717) is 18.7 Å². The molecule has 5 rings (SSSR count). The number of ketones is 1. The number of unbranched alkanes of at least 4 members (excludes halogenated alkanes) is 2. The molecule has 0 aliphatic heterocycles. The summed E-state index contributed by atoms with van der Waals surface area (Å²) in [6.07, 6.45) is 5.92. The summed E-state index contributed by atoms with van der Waals surface area (Å²) >= 11 is 0. The zero-order valence-electron chi connectivity index (χ0n) is 25.3. The molecule has 10 heteroatoms. The van der Waals surface area contributed by atoms with Crippen molar-refractivity contribution in [3.8, 4) is 17.0 Å². The van der Waals surface area contributed by atoms with Gasteiger partial charge in [-0.2, -0.15) is 0 Å². The first-order valence-corrected chi connectivity index (χ1v) is 16.8. The highest BCUT2D eigenvalue weighted by Crippen LogP contribution is 2.28. The third kappa shape index (κ3) is 7.74. The van der Waals surface area contributed by atoms with Crippen LogP contribution in [0.3, 0.4) is 0 Å². The fourth-order valence-corrected chi connectivity index (χ4v) is 6.36. The number of ether oxygens (including phenoxy) is 1. The zero-order valence-corrected chi connectivity index (χ0v) is 26.1. The van der Waals surface area contributed by atoms with Crippen molar-refractivity contribution in [1.29, 1.82) is 0 Å². The monoisotopic (exact) mass is 614 g/mol. The molecule has 5 aromatic rings. The molecule has 2 aromatic heterocycles. The number of H-pyrrole nitrogens is 2. The van der Waals surface area contributed by atoms with Crippen molar-refractivity contribution in [1.82, 2.24) is 20.3 Å².